The Hall–Kier alpha value is -2.54. The van der Waals surface area contributed by atoms with E-state index in [1.54, 1.807) is 36.2 Å². The lowest BCUT2D eigenvalue weighted by molar-refractivity contribution is 0.0796. The second kappa shape index (κ2) is 7.37. The van der Waals surface area contributed by atoms with Gasteiger partial charge in [-0.3, -0.25) is 9.52 Å². The lowest BCUT2D eigenvalue weighted by atomic mass is 10.1. The van der Waals surface area contributed by atoms with Gasteiger partial charge in [-0.1, -0.05) is 25.5 Å². The van der Waals surface area contributed by atoms with E-state index in [4.69, 9.17) is 4.74 Å². The summed E-state index contributed by atoms with van der Waals surface area (Å²) in [7, 11) is -2.04. The first-order chi connectivity index (χ1) is 12.4. The summed E-state index contributed by atoms with van der Waals surface area (Å²) in [5.41, 5.74) is 1.78. The summed E-state index contributed by atoms with van der Waals surface area (Å²) >= 11 is 0. The number of carbonyl (C=O) groups excluding carboxylic acids is 1. The zero-order valence-corrected chi connectivity index (χ0v) is 15.7. The van der Waals surface area contributed by atoms with Gasteiger partial charge in [0.15, 0.2) is 0 Å². The number of benzene rings is 2. The highest BCUT2D eigenvalue weighted by Crippen LogP contribution is 2.27. The van der Waals surface area contributed by atoms with Gasteiger partial charge in [-0.05, 0) is 42.3 Å². The van der Waals surface area contributed by atoms with Crippen LogP contribution in [-0.2, 0) is 16.4 Å². The van der Waals surface area contributed by atoms with Gasteiger partial charge >= 0.3 is 0 Å². The molecule has 0 aliphatic carbocycles. The number of ether oxygens (including phenoxy) is 1. The van der Waals surface area contributed by atoms with Crippen molar-refractivity contribution in [2.75, 3.05) is 24.9 Å². The number of likely N-dealkylation sites (N-methyl/N-ethyl adjacent to an activating group) is 1. The topological polar surface area (TPSA) is 75.7 Å². The van der Waals surface area contributed by atoms with E-state index >= 15 is 0 Å². The summed E-state index contributed by atoms with van der Waals surface area (Å²) in [5, 5.41) is 0. The third kappa shape index (κ3) is 3.83. The van der Waals surface area contributed by atoms with Gasteiger partial charge in [0.05, 0.1) is 17.0 Å². The van der Waals surface area contributed by atoms with Crippen LogP contribution in [0, 0.1) is 0 Å². The maximum Gasteiger partial charge on any atom is 0.261 e. The maximum absolute atomic E-state index is 12.6. The van der Waals surface area contributed by atoms with Gasteiger partial charge in [-0.25, -0.2) is 8.42 Å². The molecule has 0 spiro atoms. The van der Waals surface area contributed by atoms with Crippen molar-refractivity contribution in [3.05, 3.63) is 53.6 Å². The predicted molar refractivity (Wildman–Crippen MR) is 100 cm³/mol. The molecule has 1 N–H and O–H groups in total. The molecule has 0 atom stereocenters. The van der Waals surface area contributed by atoms with E-state index in [1.807, 2.05) is 12.1 Å². The van der Waals surface area contributed by atoms with Gasteiger partial charge in [0.25, 0.3) is 15.9 Å². The number of nitrogens with zero attached hydrogens (tertiary/aromatic N) is 1. The minimum Gasteiger partial charge on any atom is -0.491 e. The molecule has 1 aliphatic heterocycles. The Morgan fingerprint density at radius 3 is 2.58 bits per heavy atom. The molecule has 2 aromatic carbocycles. The molecule has 2 aromatic rings. The highest BCUT2D eigenvalue weighted by Gasteiger charge is 2.22. The zero-order chi connectivity index (χ0) is 18.7. The fourth-order valence-electron chi connectivity index (χ4n) is 2.82. The van der Waals surface area contributed by atoms with Crippen molar-refractivity contribution in [2.45, 2.75) is 24.7 Å². The molecule has 0 aromatic heterocycles. The van der Waals surface area contributed by atoms with Crippen LogP contribution < -0.4 is 9.46 Å². The molecule has 7 heteroatoms. The van der Waals surface area contributed by atoms with Crippen molar-refractivity contribution in [1.82, 2.24) is 4.90 Å². The standard InChI is InChI=1S/C19H22N2O4S/c1-3-4-14-5-8-16(9-6-14)26(23,24)20-15-7-10-18-17(13-15)19(22)21(2)11-12-25-18/h5-10,13,20H,3-4,11-12H2,1-2H3. The number of anilines is 1. The Bertz CT molecular complexity index is 908. The summed E-state index contributed by atoms with van der Waals surface area (Å²) in [5.74, 6) is 0.272. The zero-order valence-electron chi connectivity index (χ0n) is 14.9. The van der Waals surface area contributed by atoms with E-state index in [0.717, 1.165) is 18.4 Å². The highest BCUT2D eigenvalue weighted by molar-refractivity contribution is 7.92. The largest absolute Gasteiger partial charge is 0.491 e. The molecule has 1 heterocycles. The van der Waals surface area contributed by atoms with Crippen LogP contribution in [0.1, 0.15) is 29.3 Å². The average molecular weight is 374 g/mol. The van der Waals surface area contributed by atoms with Crippen LogP contribution in [0.5, 0.6) is 5.75 Å². The van der Waals surface area contributed by atoms with Gasteiger partial charge in [-0.15, -0.1) is 0 Å². The summed E-state index contributed by atoms with van der Waals surface area (Å²) in [6.45, 7) is 2.97. The Morgan fingerprint density at radius 1 is 1.15 bits per heavy atom. The van der Waals surface area contributed by atoms with Crippen molar-refractivity contribution in [1.29, 1.82) is 0 Å². The molecule has 0 fully saturated rings. The Morgan fingerprint density at radius 2 is 1.88 bits per heavy atom. The molecular weight excluding hydrogens is 352 g/mol. The van der Waals surface area contributed by atoms with E-state index in [-0.39, 0.29) is 10.8 Å². The number of hydrogen-bond acceptors (Lipinski definition) is 4. The summed E-state index contributed by atoms with van der Waals surface area (Å²) in [6, 6.07) is 11.6. The third-order valence-electron chi connectivity index (χ3n) is 4.27. The molecule has 0 radical (unpaired) electrons. The van der Waals surface area contributed by atoms with Gasteiger partial charge in [0.2, 0.25) is 0 Å². The van der Waals surface area contributed by atoms with Gasteiger partial charge in [0, 0.05) is 12.7 Å². The van der Waals surface area contributed by atoms with Crippen molar-refractivity contribution in [3.8, 4) is 5.75 Å². The number of aryl methyl sites for hydroxylation is 1. The fourth-order valence-corrected chi connectivity index (χ4v) is 3.87. The first-order valence-corrected chi connectivity index (χ1v) is 10.0. The molecule has 0 unspecified atom stereocenters. The minimum absolute atomic E-state index is 0.187. The highest BCUT2D eigenvalue weighted by atomic mass is 32.2. The number of rotatable bonds is 5. The molecular formula is C19H22N2O4S. The molecule has 0 saturated heterocycles. The summed E-state index contributed by atoms with van der Waals surface area (Å²) < 4.78 is 33.3. The summed E-state index contributed by atoms with van der Waals surface area (Å²) in [4.78, 5) is 14.1. The molecule has 138 valence electrons. The van der Waals surface area contributed by atoms with Crippen LogP contribution >= 0.6 is 0 Å². The van der Waals surface area contributed by atoms with Crippen LogP contribution in [0.25, 0.3) is 0 Å². The van der Waals surface area contributed by atoms with E-state index in [0.29, 0.717) is 30.2 Å². The Kier molecular flexibility index (Phi) is 5.18. The van der Waals surface area contributed by atoms with Gasteiger partial charge in [-0.2, -0.15) is 0 Å². The van der Waals surface area contributed by atoms with Crippen molar-refractivity contribution < 1.29 is 17.9 Å². The maximum atomic E-state index is 12.6. The van der Waals surface area contributed by atoms with Crippen LogP contribution in [0.15, 0.2) is 47.4 Å². The van der Waals surface area contributed by atoms with Crippen LogP contribution in [0.2, 0.25) is 0 Å². The number of hydrogen-bond donors (Lipinski definition) is 1. The van der Waals surface area contributed by atoms with Crippen molar-refractivity contribution >= 4 is 21.6 Å². The second-order valence-electron chi connectivity index (χ2n) is 6.29. The van der Waals surface area contributed by atoms with Crippen molar-refractivity contribution in [2.24, 2.45) is 0 Å². The third-order valence-corrected chi connectivity index (χ3v) is 5.66. The number of nitrogens with one attached hydrogen (secondary N) is 1. The smallest absolute Gasteiger partial charge is 0.261 e. The first-order valence-electron chi connectivity index (χ1n) is 8.55. The van der Waals surface area contributed by atoms with Crippen LogP contribution in [0.3, 0.4) is 0 Å². The Balaban J connectivity index is 1.86. The molecule has 0 saturated carbocycles. The molecule has 1 aliphatic rings. The van der Waals surface area contributed by atoms with Crippen molar-refractivity contribution in [3.63, 3.8) is 0 Å². The number of carbonyl (C=O) groups is 1. The molecule has 26 heavy (non-hydrogen) atoms. The monoisotopic (exact) mass is 374 g/mol. The second-order valence-corrected chi connectivity index (χ2v) is 7.97. The number of sulfonamides is 1. The Labute approximate surface area is 153 Å². The first kappa shape index (κ1) is 18.3. The molecule has 0 bridgehead atoms. The van der Waals surface area contributed by atoms with E-state index in [9.17, 15) is 13.2 Å². The SMILES string of the molecule is CCCc1ccc(S(=O)(=O)Nc2ccc3c(c2)C(=O)N(C)CCO3)cc1. The number of amides is 1. The normalized spacial score (nSPS) is 14.4. The quantitative estimate of drug-likeness (QED) is 0.873. The van der Waals surface area contributed by atoms with Gasteiger partial charge < -0.3 is 9.64 Å². The molecule has 3 rings (SSSR count). The fraction of sp³-hybridized carbons (Fsp3) is 0.316. The number of fused-ring (bicyclic) bond motifs is 1. The minimum atomic E-state index is -3.73. The van der Waals surface area contributed by atoms with Crippen LogP contribution in [0.4, 0.5) is 5.69 Å². The van der Waals surface area contributed by atoms with E-state index in [2.05, 4.69) is 11.6 Å². The van der Waals surface area contributed by atoms with E-state index in [1.165, 1.54) is 6.07 Å². The average Bonchev–Trinajstić information content (AvgIpc) is 2.75. The predicted octanol–water partition coefficient (Wildman–Crippen LogP) is 2.90. The lowest BCUT2D eigenvalue weighted by Crippen LogP contribution is -2.27. The lowest BCUT2D eigenvalue weighted by Gasteiger charge is -2.14. The molecule has 6 nitrogen and oxygen atoms in total. The van der Waals surface area contributed by atoms with Gasteiger partial charge in [0.1, 0.15) is 12.4 Å². The summed E-state index contributed by atoms with van der Waals surface area (Å²) in [6.07, 6.45) is 1.91. The van der Waals surface area contributed by atoms with Crippen LogP contribution in [-0.4, -0.2) is 39.4 Å². The molecule has 1 amide bonds. The van der Waals surface area contributed by atoms with E-state index < -0.39 is 10.0 Å².